The number of hydrogen-bond acceptors (Lipinski definition) is 11. The van der Waals surface area contributed by atoms with E-state index in [2.05, 4.69) is 10.2 Å². The predicted octanol–water partition coefficient (Wildman–Crippen LogP) is -0.102. The molecule has 0 aromatic carbocycles. The largest absolute Gasteiger partial charge is 0.456 e. The molecule has 1 aliphatic heterocycles. The first-order chi connectivity index (χ1) is 12.2. The molecule has 1 aromatic rings. The molecular formula is C13H18N4O7S2. The van der Waals surface area contributed by atoms with E-state index in [9.17, 15) is 14.4 Å². The number of nitrogens with one attached hydrogen (secondary N) is 1. The van der Waals surface area contributed by atoms with Gasteiger partial charge in [0.05, 0.1) is 6.61 Å². The Bertz CT molecular complexity index is 749. The maximum atomic E-state index is 11.5. The van der Waals surface area contributed by atoms with Crippen LogP contribution in [0.5, 0.6) is 0 Å². The molecule has 0 radical (unpaired) electrons. The van der Waals surface area contributed by atoms with Gasteiger partial charge in [0.1, 0.15) is 0 Å². The second kappa shape index (κ2) is 8.51. The number of nitrogens with two attached hydrogens (primary N) is 1. The van der Waals surface area contributed by atoms with Crippen LogP contribution in [0.3, 0.4) is 0 Å². The molecule has 1 aromatic heterocycles. The lowest BCUT2D eigenvalue weighted by Crippen LogP contribution is -2.56. The number of H-pyrrole nitrogens is 1. The van der Waals surface area contributed by atoms with Gasteiger partial charge in [0.15, 0.2) is 23.7 Å². The Kier molecular flexibility index (Phi) is 6.61. The number of carbonyl (C=O) groups excluding carboxylic acids is 3. The smallest absolute Gasteiger partial charge is 0.303 e. The van der Waals surface area contributed by atoms with E-state index in [-0.39, 0.29) is 16.5 Å². The molecular weight excluding hydrogens is 388 g/mol. The first kappa shape index (κ1) is 20.2. The lowest BCUT2D eigenvalue weighted by molar-refractivity contribution is -0.213. The second-order valence-electron chi connectivity index (χ2n) is 5.30. The highest BCUT2D eigenvalue weighted by molar-refractivity contribution is 7.99. The minimum Gasteiger partial charge on any atom is -0.456 e. The Morgan fingerprint density at radius 2 is 1.77 bits per heavy atom. The van der Waals surface area contributed by atoms with Gasteiger partial charge in [-0.25, -0.2) is 9.77 Å². The number of aromatic amines is 1. The zero-order chi connectivity index (χ0) is 19.4. The average molecular weight is 406 g/mol. The van der Waals surface area contributed by atoms with Gasteiger partial charge in [0.25, 0.3) is 0 Å². The van der Waals surface area contributed by atoms with Crippen LogP contribution in [0.15, 0.2) is 5.16 Å². The van der Waals surface area contributed by atoms with Gasteiger partial charge in [-0.1, -0.05) is 0 Å². The van der Waals surface area contributed by atoms with Crippen molar-refractivity contribution in [2.45, 2.75) is 49.7 Å². The summed E-state index contributed by atoms with van der Waals surface area (Å²) in [6.45, 7) is 3.51. The van der Waals surface area contributed by atoms with E-state index < -0.39 is 41.7 Å². The topological polar surface area (TPSA) is 148 Å². The standard InChI is InChI=1S/C13H18N4O7S2/c1-5(18)22-8-4-21-11(26-13-16-15-12(25)17(13)14)10(24-7(3)20)9(8)23-6(2)19/h8-11H,4,14H2,1-3H3,(H,15,25)/t8-,9-,10+,11-/m0/s1. The van der Waals surface area contributed by atoms with Crippen molar-refractivity contribution in [3.8, 4) is 0 Å². The number of aromatic nitrogens is 3. The summed E-state index contributed by atoms with van der Waals surface area (Å²) < 4.78 is 22.6. The third-order valence-electron chi connectivity index (χ3n) is 3.20. The monoisotopic (exact) mass is 406 g/mol. The quantitative estimate of drug-likeness (QED) is 0.292. The molecule has 0 saturated carbocycles. The summed E-state index contributed by atoms with van der Waals surface area (Å²) >= 11 is 5.95. The van der Waals surface area contributed by atoms with Gasteiger partial charge in [-0.2, -0.15) is 0 Å². The number of nitrogens with zero attached hydrogens (tertiary/aromatic N) is 2. The first-order valence-corrected chi connectivity index (χ1v) is 8.70. The number of ether oxygens (including phenoxy) is 4. The van der Waals surface area contributed by atoms with Crippen molar-refractivity contribution in [2.24, 2.45) is 0 Å². The molecule has 2 rings (SSSR count). The van der Waals surface area contributed by atoms with E-state index in [1.165, 1.54) is 20.8 Å². The van der Waals surface area contributed by atoms with Crippen LogP contribution in [0.1, 0.15) is 20.8 Å². The first-order valence-electron chi connectivity index (χ1n) is 7.41. The highest BCUT2D eigenvalue weighted by Gasteiger charge is 2.47. The average Bonchev–Trinajstić information content (AvgIpc) is 2.83. The van der Waals surface area contributed by atoms with Gasteiger partial charge < -0.3 is 24.8 Å². The zero-order valence-corrected chi connectivity index (χ0v) is 15.8. The third-order valence-corrected chi connectivity index (χ3v) is 4.62. The van der Waals surface area contributed by atoms with Crippen LogP contribution in [0.4, 0.5) is 0 Å². The molecule has 3 N–H and O–H groups in total. The number of nitrogen functional groups attached to an aromatic ring is 1. The molecule has 11 nitrogen and oxygen atoms in total. The van der Waals surface area contributed by atoms with Crippen molar-refractivity contribution in [3.05, 3.63) is 4.77 Å². The Labute approximate surface area is 157 Å². The molecule has 2 heterocycles. The lowest BCUT2D eigenvalue weighted by atomic mass is 10.1. The Morgan fingerprint density at radius 3 is 2.27 bits per heavy atom. The molecule has 0 spiro atoms. The molecule has 0 aliphatic carbocycles. The maximum absolute atomic E-state index is 11.5. The highest BCUT2D eigenvalue weighted by Crippen LogP contribution is 2.33. The summed E-state index contributed by atoms with van der Waals surface area (Å²) in [7, 11) is 0. The molecule has 0 bridgehead atoms. The van der Waals surface area contributed by atoms with Crippen LogP contribution < -0.4 is 5.84 Å². The minimum absolute atomic E-state index is 0.0807. The van der Waals surface area contributed by atoms with E-state index in [0.29, 0.717) is 0 Å². The van der Waals surface area contributed by atoms with Crippen LogP contribution in [-0.2, 0) is 33.3 Å². The minimum atomic E-state index is -1.07. The summed E-state index contributed by atoms with van der Waals surface area (Å²) in [5.41, 5.74) is -0.831. The van der Waals surface area contributed by atoms with E-state index >= 15 is 0 Å². The number of hydrogen-bond donors (Lipinski definition) is 2. The fourth-order valence-electron chi connectivity index (χ4n) is 2.29. The molecule has 1 fully saturated rings. The summed E-state index contributed by atoms with van der Waals surface area (Å²) in [5.74, 6) is 3.91. The SMILES string of the molecule is CC(=O)O[C@@H]1[C@@H](OC(C)=O)[C@H](Sc2n[nH]c(=S)n2N)OC[C@@H]1OC(C)=O. The van der Waals surface area contributed by atoms with E-state index in [1.807, 2.05) is 0 Å². The van der Waals surface area contributed by atoms with Gasteiger partial charge >= 0.3 is 17.9 Å². The zero-order valence-electron chi connectivity index (χ0n) is 14.2. The van der Waals surface area contributed by atoms with E-state index in [0.717, 1.165) is 16.4 Å². The number of rotatable bonds is 5. The molecule has 144 valence electrons. The highest BCUT2D eigenvalue weighted by atomic mass is 32.2. The molecule has 0 amide bonds. The van der Waals surface area contributed by atoms with Crippen molar-refractivity contribution in [1.82, 2.24) is 14.9 Å². The van der Waals surface area contributed by atoms with Crippen molar-refractivity contribution < 1.29 is 33.3 Å². The maximum Gasteiger partial charge on any atom is 0.303 e. The molecule has 26 heavy (non-hydrogen) atoms. The number of thioether (sulfide) groups is 1. The van der Waals surface area contributed by atoms with Gasteiger partial charge in [-0.15, -0.1) is 5.10 Å². The number of carbonyl (C=O) groups is 3. The fourth-order valence-corrected chi connectivity index (χ4v) is 3.48. The van der Waals surface area contributed by atoms with Gasteiger partial charge in [-0.3, -0.25) is 14.4 Å². The van der Waals surface area contributed by atoms with Crippen molar-refractivity contribution >= 4 is 41.9 Å². The Hall–Kier alpha value is -2.12. The van der Waals surface area contributed by atoms with E-state index in [4.69, 9.17) is 37.0 Å². The normalized spacial score (nSPS) is 25.3. The molecule has 13 heteroatoms. The molecule has 1 aliphatic rings. The fraction of sp³-hybridized carbons (Fsp3) is 0.615. The Balaban J connectivity index is 2.30. The Morgan fingerprint density at radius 1 is 1.19 bits per heavy atom. The van der Waals surface area contributed by atoms with Crippen molar-refractivity contribution in [2.75, 3.05) is 12.4 Å². The van der Waals surface area contributed by atoms with Crippen LogP contribution in [0, 0.1) is 4.77 Å². The van der Waals surface area contributed by atoms with Gasteiger partial charge in [0.2, 0.25) is 9.93 Å². The van der Waals surface area contributed by atoms with Gasteiger partial charge in [0, 0.05) is 20.8 Å². The van der Waals surface area contributed by atoms with Crippen LogP contribution in [-0.4, -0.2) is 63.1 Å². The second-order valence-corrected chi connectivity index (χ2v) is 6.75. The molecule has 1 saturated heterocycles. The van der Waals surface area contributed by atoms with Crippen molar-refractivity contribution in [1.29, 1.82) is 0 Å². The summed E-state index contributed by atoms with van der Waals surface area (Å²) in [5, 5.41) is 6.73. The number of esters is 3. The van der Waals surface area contributed by atoms with Crippen LogP contribution in [0.25, 0.3) is 0 Å². The van der Waals surface area contributed by atoms with Crippen LogP contribution >= 0.6 is 24.0 Å². The predicted molar refractivity (Wildman–Crippen MR) is 89.8 cm³/mol. The molecule has 0 unspecified atom stereocenters. The lowest BCUT2D eigenvalue weighted by Gasteiger charge is -2.39. The summed E-state index contributed by atoms with van der Waals surface area (Å²) in [6.07, 6.45) is -3.05. The summed E-state index contributed by atoms with van der Waals surface area (Å²) in [4.78, 5) is 34.3. The van der Waals surface area contributed by atoms with Gasteiger partial charge in [-0.05, 0) is 24.0 Å². The van der Waals surface area contributed by atoms with Crippen molar-refractivity contribution in [3.63, 3.8) is 0 Å². The third kappa shape index (κ3) is 4.95. The van der Waals surface area contributed by atoms with Crippen LogP contribution in [0.2, 0.25) is 0 Å². The molecule has 4 atom stereocenters. The summed E-state index contributed by atoms with van der Waals surface area (Å²) in [6, 6.07) is 0. The van der Waals surface area contributed by atoms with E-state index in [1.54, 1.807) is 0 Å².